The van der Waals surface area contributed by atoms with Gasteiger partial charge < -0.3 is 15.4 Å². The molecule has 1 unspecified atom stereocenters. The number of hydrogen-bond acceptors (Lipinski definition) is 3. The first-order valence-electron chi connectivity index (χ1n) is 7.43. The van der Waals surface area contributed by atoms with Crippen molar-refractivity contribution in [3.63, 3.8) is 0 Å². The number of carbonyl (C=O) groups is 1. The number of ether oxygens (including phenoxy) is 1. The van der Waals surface area contributed by atoms with Crippen molar-refractivity contribution in [2.24, 2.45) is 11.1 Å². The van der Waals surface area contributed by atoms with Crippen molar-refractivity contribution < 1.29 is 22.7 Å². The van der Waals surface area contributed by atoms with E-state index < -0.39 is 18.3 Å². The van der Waals surface area contributed by atoms with Gasteiger partial charge in [-0.05, 0) is 24.0 Å². The van der Waals surface area contributed by atoms with E-state index in [1.54, 1.807) is 4.90 Å². The monoisotopic (exact) mass is 330 g/mol. The first-order valence-corrected chi connectivity index (χ1v) is 7.43. The summed E-state index contributed by atoms with van der Waals surface area (Å²) in [5.41, 5.74) is 4.91. The van der Waals surface area contributed by atoms with E-state index in [1.807, 2.05) is 13.8 Å². The predicted molar refractivity (Wildman–Crippen MR) is 79.9 cm³/mol. The van der Waals surface area contributed by atoms with Crippen LogP contribution < -0.4 is 10.5 Å². The summed E-state index contributed by atoms with van der Waals surface area (Å²) in [6.45, 7) is 4.48. The van der Waals surface area contributed by atoms with Crippen LogP contribution in [-0.2, 0) is 11.0 Å². The van der Waals surface area contributed by atoms with Gasteiger partial charge in [0.2, 0.25) is 0 Å². The Bertz CT molecular complexity index is 573. The molecule has 1 saturated heterocycles. The van der Waals surface area contributed by atoms with Crippen LogP contribution in [0.15, 0.2) is 24.3 Å². The van der Waals surface area contributed by atoms with Gasteiger partial charge in [0.15, 0.2) is 6.61 Å². The van der Waals surface area contributed by atoms with E-state index in [9.17, 15) is 18.0 Å². The molecule has 0 aromatic heterocycles. The zero-order valence-corrected chi connectivity index (χ0v) is 13.2. The molecule has 4 nitrogen and oxygen atoms in total. The highest BCUT2D eigenvalue weighted by atomic mass is 19.4. The van der Waals surface area contributed by atoms with Crippen LogP contribution in [0.1, 0.15) is 25.8 Å². The molecule has 1 amide bonds. The summed E-state index contributed by atoms with van der Waals surface area (Å²) >= 11 is 0. The zero-order chi connectivity index (χ0) is 17.3. The van der Waals surface area contributed by atoms with E-state index in [1.165, 1.54) is 18.2 Å². The second kappa shape index (κ2) is 6.39. The summed E-state index contributed by atoms with van der Waals surface area (Å²) in [6, 6.07) is 4.87. The molecule has 23 heavy (non-hydrogen) atoms. The molecule has 0 radical (unpaired) electrons. The lowest BCUT2D eigenvalue weighted by molar-refractivity contribution is -0.142. The Balaban J connectivity index is 2.01. The zero-order valence-electron chi connectivity index (χ0n) is 13.2. The van der Waals surface area contributed by atoms with Gasteiger partial charge in [-0.25, -0.2) is 0 Å². The summed E-state index contributed by atoms with van der Waals surface area (Å²) in [5.74, 6) is -0.664. The number of likely N-dealkylation sites (tertiary alicyclic amines) is 1. The Morgan fingerprint density at radius 2 is 2.04 bits per heavy atom. The average Bonchev–Trinajstić information content (AvgIpc) is 2.47. The molecule has 0 spiro atoms. The van der Waals surface area contributed by atoms with E-state index in [4.69, 9.17) is 10.5 Å². The minimum Gasteiger partial charge on any atom is -0.483 e. The second-order valence-corrected chi connectivity index (χ2v) is 6.48. The molecule has 0 bridgehead atoms. The van der Waals surface area contributed by atoms with Crippen LogP contribution in [0.5, 0.6) is 5.75 Å². The molecule has 1 aromatic carbocycles. The number of nitrogens with two attached hydrogens (primary N) is 1. The fourth-order valence-corrected chi connectivity index (χ4v) is 2.64. The van der Waals surface area contributed by atoms with Gasteiger partial charge in [0, 0.05) is 19.1 Å². The van der Waals surface area contributed by atoms with Crippen molar-refractivity contribution in [3.8, 4) is 5.75 Å². The third kappa shape index (κ3) is 4.16. The van der Waals surface area contributed by atoms with E-state index >= 15 is 0 Å². The van der Waals surface area contributed by atoms with Gasteiger partial charge >= 0.3 is 6.18 Å². The van der Waals surface area contributed by atoms with Gasteiger partial charge in [0.05, 0.1) is 5.56 Å². The molecule has 1 aromatic rings. The van der Waals surface area contributed by atoms with Crippen molar-refractivity contribution in [1.29, 1.82) is 0 Å². The number of piperidine rings is 1. The average molecular weight is 330 g/mol. The lowest BCUT2D eigenvalue weighted by atomic mass is 9.80. The summed E-state index contributed by atoms with van der Waals surface area (Å²) in [7, 11) is 0. The van der Waals surface area contributed by atoms with E-state index in [0.29, 0.717) is 19.5 Å². The molecule has 2 N–H and O–H groups in total. The first-order chi connectivity index (χ1) is 10.6. The third-order valence-corrected chi connectivity index (χ3v) is 4.21. The highest BCUT2D eigenvalue weighted by Crippen LogP contribution is 2.36. The number of benzene rings is 1. The van der Waals surface area contributed by atoms with Crippen molar-refractivity contribution in [2.45, 2.75) is 32.5 Å². The molecule has 0 aliphatic carbocycles. The molecule has 1 aliphatic rings. The van der Waals surface area contributed by atoms with E-state index in [-0.39, 0.29) is 23.1 Å². The van der Waals surface area contributed by atoms with Crippen LogP contribution >= 0.6 is 0 Å². The number of carbonyl (C=O) groups excluding carboxylic acids is 1. The Kier molecular flexibility index (Phi) is 4.89. The van der Waals surface area contributed by atoms with Crippen molar-refractivity contribution >= 4 is 5.91 Å². The van der Waals surface area contributed by atoms with Gasteiger partial charge in [-0.15, -0.1) is 0 Å². The maximum atomic E-state index is 12.9. The number of amides is 1. The minimum atomic E-state index is -4.51. The third-order valence-electron chi connectivity index (χ3n) is 4.21. The summed E-state index contributed by atoms with van der Waals surface area (Å²) in [4.78, 5) is 13.8. The van der Waals surface area contributed by atoms with Gasteiger partial charge in [-0.1, -0.05) is 26.0 Å². The Morgan fingerprint density at radius 3 is 2.65 bits per heavy atom. The molecule has 7 heteroatoms. The van der Waals surface area contributed by atoms with Crippen LogP contribution in [-0.4, -0.2) is 36.5 Å². The summed E-state index contributed by atoms with van der Waals surface area (Å²) in [5, 5.41) is 0. The fraction of sp³-hybridized carbons (Fsp3) is 0.562. The standard InChI is InChI=1S/C16H21F3N2O2/c1-15(2)10-21(8-7-13(15)20)14(22)9-23-12-6-4-3-5-11(12)16(17,18)19/h3-6,13H,7-10,20H2,1-2H3. The molecule has 1 heterocycles. The van der Waals surface area contributed by atoms with Crippen LogP contribution in [0.4, 0.5) is 13.2 Å². The largest absolute Gasteiger partial charge is 0.483 e. The van der Waals surface area contributed by atoms with Gasteiger partial charge in [0.25, 0.3) is 5.91 Å². The normalized spacial score (nSPS) is 21.1. The highest BCUT2D eigenvalue weighted by Gasteiger charge is 2.36. The van der Waals surface area contributed by atoms with Crippen molar-refractivity contribution in [2.75, 3.05) is 19.7 Å². The van der Waals surface area contributed by atoms with Crippen LogP contribution in [0, 0.1) is 5.41 Å². The van der Waals surface area contributed by atoms with Crippen LogP contribution in [0.2, 0.25) is 0 Å². The van der Waals surface area contributed by atoms with Crippen molar-refractivity contribution in [1.82, 2.24) is 4.90 Å². The quantitative estimate of drug-likeness (QED) is 0.927. The Labute approximate surface area is 133 Å². The second-order valence-electron chi connectivity index (χ2n) is 6.48. The molecule has 2 rings (SSSR count). The summed E-state index contributed by atoms with van der Waals surface area (Å²) < 4.78 is 43.8. The van der Waals surface area contributed by atoms with Gasteiger partial charge in [-0.2, -0.15) is 13.2 Å². The SMILES string of the molecule is CC1(C)CN(C(=O)COc2ccccc2C(F)(F)F)CCC1N. The molecule has 1 atom stereocenters. The number of hydrogen-bond donors (Lipinski definition) is 1. The van der Waals surface area contributed by atoms with Crippen LogP contribution in [0.3, 0.4) is 0 Å². The molecular formula is C16H21F3N2O2. The predicted octanol–water partition coefficient (Wildman–Crippen LogP) is 2.67. The number of alkyl halides is 3. The van der Waals surface area contributed by atoms with E-state index in [2.05, 4.69) is 0 Å². The maximum absolute atomic E-state index is 12.9. The molecule has 1 fully saturated rings. The lowest BCUT2D eigenvalue weighted by Gasteiger charge is -2.42. The highest BCUT2D eigenvalue weighted by molar-refractivity contribution is 5.78. The number of rotatable bonds is 3. The number of para-hydroxylation sites is 1. The molecular weight excluding hydrogens is 309 g/mol. The Morgan fingerprint density at radius 1 is 1.39 bits per heavy atom. The van der Waals surface area contributed by atoms with Gasteiger partial charge in [-0.3, -0.25) is 4.79 Å². The van der Waals surface area contributed by atoms with Crippen molar-refractivity contribution in [3.05, 3.63) is 29.8 Å². The topological polar surface area (TPSA) is 55.6 Å². The number of halogens is 3. The molecule has 0 saturated carbocycles. The van der Waals surface area contributed by atoms with Crippen LogP contribution in [0.25, 0.3) is 0 Å². The maximum Gasteiger partial charge on any atom is 0.419 e. The lowest BCUT2D eigenvalue weighted by Crippen LogP contribution is -2.54. The van der Waals surface area contributed by atoms with E-state index in [0.717, 1.165) is 6.07 Å². The first kappa shape index (κ1) is 17.6. The van der Waals surface area contributed by atoms with Gasteiger partial charge in [0.1, 0.15) is 5.75 Å². The fourth-order valence-electron chi connectivity index (χ4n) is 2.64. The Hall–Kier alpha value is -1.76. The minimum absolute atomic E-state index is 0.00146. The smallest absolute Gasteiger partial charge is 0.419 e. The summed E-state index contributed by atoms with van der Waals surface area (Å²) in [6.07, 6.45) is -3.85. The number of nitrogens with zero attached hydrogens (tertiary/aromatic N) is 1. The molecule has 128 valence electrons. The molecule has 1 aliphatic heterocycles.